The zero-order valence-electron chi connectivity index (χ0n) is 18.5. The summed E-state index contributed by atoms with van der Waals surface area (Å²) >= 11 is 0. The van der Waals surface area contributed by atoms with Crippen molar-refractivity contribution in [1.82, 2.24) is 24.6 Å². The Labute approximate surface area is 194 Å². The van der Waals surface area contributed by atoms with Crippen molar-refractivity contribution in [3.05, 3.63) is 70.8 Å². The van der Waals surface area contributed by atoms with E-state index in [1.807, 2.05) is 12.1 Å². The number of anilines is 1. The SMILES string of the molecule is Cn1c(=O)c2ccc(-c3cnc(NC4CCNC4)nc3)cc2n1Cc1ccccc1OC(F)F. The van der Waals surface area contributed by atoms with Gasteiger partial charge in [-0.25, -0.2) is 9.97 Å². The van der Waals surface area contributed by atoms with Crippen LogP contribution in [-0.4, -0.2) is 45.1 Å². The van der Waals surface area contributed by atoms with E-state index in [2.05, 4.69) is 25.3 Å². The van der Waals surface area contributed by atoms with Crippen LogP contribution < -0.4 is 20.9 Å². The zero-order valence-corrected chi connectivity index (χ0v) is 18.5. The van der Waals surface area contributed by atoms with Gasteiger partial charge >= 0.3 is 6.61 Å². The van der Waals surface area contributed by atoms with Crippen LogP contribution in [-0.2, 0) is 13.6 Å². The van der Waals surface area contributed by atoms with Crippen LogP contribution in [0, 0.1) is 0 Å². The molecule has 5 rings (SSSR count). The Hall–Kier alpha value is -3.79. The topological polar surface area (TPSA) is 86.0 Å². The number of rotatable bonds is 7. The highest BCUT2D eigenvalue weighted by Crippen LogP contribution is 2.26. The van der Waals surface area contributed by atoms with E-state index in [0.717, 1.165) is 30.6 Å². The van der Waals surface area contributed by atoms with Crippen molar-refractivity contribution in [2.45, 2.75) is 25.6 Å². The number of halogens is 2. The fourth-order valence-corrected chi connectivity index (χ4v) is 4.26. The second-order valence-corrected chi connectivity index (χ2v) is 8.23. The van der Waals surface area contributed by atoms with Crippen LogP contribution in [0.3, 0.4) is 0 Å². The maximum Gasteiger partial charge on any atom is 0.387 e. The lowest BCUT2D eigenvalue weighted by Crippen LogP contribution is -2.23. The third-order valence-corrected chi connectivity index (χ3v) is 6.05. The number of fused-ring (bicyclic) bond motifs is 1. The van der Waals surface area contributed by atoms with E-state index in [9.17, 15) is 13.6 Å². The number of hydrogen-bond donors (Lipinski definition) is 2. The van der Waals surface area contributed by atoms with Gasteiger partial charge in [0, 0.05) is 43.2 Å². The van der Waals surface area contributed by atoms with E-state index in [1.165, 1.54) is 10.7 Å². The third-order valence-electron chi connectivity index (χ3n) is 6.05. The quantitative estimate of drug-likeness (QED) is 0.435. The van der Waals surface area contributed by atoms with Gasteiger partial charge in [0.1, 0.15) is 5.75 Å². The molecule has 0 saturated carbocycles. The summed E-state index contributed by atoms with van der Waals surface area (Å²) in [5.41, 5.74) is 2.70. The van der Waals surface area contributed by atoms with E-state index in [4.69, 9.17) is 0 Å². The van der Waals surface area contributed by atoms with Gasteiger partial charge in [-0.1, -0.05) is 24.3 Å². The number of aromatic nitrogens is 4. The van der Waals surface area contributed by atoms with Crippen molar-refractivity contribution < 1.29 is 13.5 Å². The van der Waals surface area contributed by atoms with Gasteiger partial charge in [0.25, 0.3) is 5.56 Å². The lowest BCUT2D eigenvalue weighted by Gasteiger charge is -2.14. The fraction of sp³-hybridized carbons (Fsp3) is 0.292. The molecule has 1 aliphatic rings. The van der Waals surface area contributed by atoms with Crippen LogP contribution in [0.5, 0.6) is 5.75 Å². The molecular formula is C24H24F2N6O2. The maximum absolute atomic E-state index is 12.9. The number of benzene rings is 2. The molecule has 176 valence electrons. The van der Waals surface area contributed by atoms with Gasteiger partial charge in [-0.05, 0) is 36.7 Å². The molecule has 1 fully saturated rings. The van der Waals surface area contributed by atoms with Crippen LogP contribution in [0.4, 0.5) is 14.7 Å². The molecule has 4 aromatic rings. The normalized spacial score (nSPS) is 15.8. The Morgan fingerprint density at radius 1 is 1.18 bits per heavy atom. The maximum atomic E-state index is 12.9. The average Bonchev–Trinajstić information content (AvgIpc) is 3.43. The van der Waals surface area contributed by atoms with Crippen molar-refractivity contribution in [3.8, 4) is 16.9 Å². The number of alkyl halides is 2. The minimum absolute atomic E-state index is 0.0805. The number of nitrogens with zero attached hydrogens (tertiary/aromatic N) is 4. The summed E-state index contributed by atoms with van der Waals surface area (Å²) < 4.78 is 33.6. The summed E-state index contributed by atoms with van der Waals surface area (Å²) in [6, 6.07) is 12.4. The highest BCUT2D eigenvalue weighted by Gasteiger charge is 2.17. The number of hydrogen-bond acceptors (Lipinski definition) is 6. The van der Waals surface area contributed by atoms with E-state index in [-0.39, 0.29) is 17.9 Å². The molecule has 0 radical (unpaired) electrons. The molecule has 1 aliphatic heterocycles. The van der Waals surface area contributed by atoms with Gasteiger partial charge in [-0.15, -0.1) is 0 Å². The Morgan fingerprint density at radius 2 is 1.97 bits per heavy atom. The second kappa shape index (κ2) is 9.22. The van der Waals surface area contributed by atoms with Crippen LogP contribution in [0.2, 0.25) is 0 Å². The van der Waals surface area contributed by atoms with Gasteiger partial charge < -0.3 is 15.4 Å². The molecule has 10 heteroatoms. The lowest BCUT2D eigenvalue weighted by molar-refractivity contribution is -0.0505. The van der Waals surface area contributed by atoms with Gasteiger partial charge in [0.2, 0.25) is 5.95 Å². The minimum Gasteiger partial charge on any atom is -0.434 e. The van der Waals surface area contributed by atoms with E-state index < -0.39 is 6.61 Å². The summed E-state index contributed by atoms with van der Waals surface area (Å²) in [6.07, 6.45) is 4.52. The van der Waals surface area contributed by atoms with Crippen molar-refractivity contribution in [2.24, 2.45) is 7.05 Å². The first kappa shape index (κ1) is 22.0. The summed E-state index contributed by atoms with van der Waals surface area (Å²) in [4.78, 5) is 21.7. The molecule has 0 bridgehead atoms. The summed E-state index contributed by atoms with van der Waals surface area (Å²) in [5.74, 6) is 0.655. The fourth-order valence-electron chi connectivity index (χ4n) is 4.26. The summed E-state index contributed by atoms with van der Waals surface area (Å²) in [5, 5.41) is 7.15. The predicted molar refractivity (Wildman–Crippen MR) is 125 cm³/mol. The van der Waals surface area contributed by atoms with E-state index in [0.29, 0.717) is 28.5 Å². The van der Waals surface area contributed by atoms with E-state index >= 15 is 0 Å². The van der Waals surface area contributed by atoms with E-state index in [1.54, 1.807) is 48.4 Å². The first-order valence-corrected chi connectivity index (χ1v) is 11.0. The molecule has 3 heterocycles. The Morgan fingerprint density at radius 3 is 2.71 bits per heavy atom. The molecule has 2 N–H and O–H groups in total. The molecule has 8 nitrogen and oxygen atoms in total. The first-order chi connectivity index (χ1) is 16.5. The highest BCUT2D eigenvalue weighted by molar-refractivity contribution is 5.84. The van der Waals surface area contributed by atoms with Crippen molar-refractivity contribution in [1.29, 1.82) is 0 Å². The van der Waals surface area contributed by atoms with Gasteiger partial charge in [-0.3, -0.25) is 14.2 Å². The van der Waals surface area contributed by atoms with Gasteiger partial charge in [0.15, 0.2) is 0 Å². The summed E-state index contributed by atoms with van der Waals surface area (Å²) in [6.45, 7) is -0.872. The molecule has 0 amide bonds. The third kappa shape index (κ3) is 4.36. The zero-order chi connectivity index (χ0) is 23.7. The van der Waals surface area contributed by atoms with Gasteiger partial charge in [-0.2, -0.15) is 8.78 Å². The molecule has 0 spiro atoms. The molecule has 2 aromatic heterocycles. The average molecular weight is 466 g/mol. The van der Waals surface area contributed by atoms with Crippen molar-refractivity contribution in [2.75, 3.05) is 18.4 Å². The standard InChI is InChI=1S/C24H24F2N6O2/c1-31-22(33)19-7-6-15(17-11-28-24(29-12-17)30-18-8-9-27-13-18)10-20(19)32(31)14-16-4-2-3-5-21(16)34-23(25)26/h2-7,10-12,18,23,27H,8-9,13-14H2,1H3,(H,28,29,30). The molecule has 1 unspecified atom stereocenters. The van der Waals surface area contributed by atoms with Gasteiger partial charge in [0.05, 0.1) is 17.4 Å². The van der Waals surface area contributed by atoms with Crippen LogP contribution >= 0.6 is 0 Å². The molecule has 2 aromatic carbocycles. The van der Waals surface area contributed by atoms with Crippen LogP contribution in [0.1, 0.15) is 12.0 Å². The Balaban J connectivity index is 1.48. The van der Waals surface area contributed by atoms with Crippen LogP contribution in [0.15, 0.2) is 59.7 Å². The number of nitrogens with one attached hydrogen (secondary N) is 2. The molecule has 1 saturated heterocycles. The second-order valence-electron chi connectivity index (χ2n) is 8.23. The Bertz CT molecular complexity index is 1360. The lowest BCUT2D eigenvalue weighted by atomic mass is 10.1. The molecular weight excluding hydrogens is 442 g/mol. The first-order valence-electron chi connectivity index (χ1n) is 11.0. The predicted octanol–water partition coefficient (Wildman–Crippen LogP) is 3.22. The largest absolute Gasteiger partial charge is 0.434 e. The van der Waals surface area contributed by atoms with Crippen molar-refractivity contribution >= 4 is 16.9 Å². The molecule has 1 atom stereocenters. The number of ether oxygens (including phenoxy) is 1. The Kier molecular flexibility index (Phi) is 5.97. The highest BCUT2D eigenvalue weighted by atomic mass is 19.3. The van der Waals surface area contributed by atoms with Crippen LogP contribution in [0.25, 0.3) is 22.0 Å². The number of para-hydroxylation sites is 1. The summed E-state index contributed by atoms with van der Waals surface area (Å²) in [7, 11) is 1.65. The van der Waals surface area contributed by atoms with Crippen molar-refractivity contribution in [3.63, 3.8) is 0 Å². The molecule has 34 heavy (non-hydrogen) atoms. The monoisotopic (exact) mass is 466 g/mol. The smallest absolute Gasteiger partial charge is 0.387 e. The minimum atomic E-state index is -2.93. The molecule has 0 aliphatic carbocycles.